The van der Waals surface area contributed by atoms with Crippen molar-refractivity contribution in [3.8, 4) is 0 Å². The second kappa shape index (κ2) is 58.6. The first-order chi connectivity index (χ1) is 35.5. The predicted molar refractivity (Wildman–Crippen MR) is 311 cm³/mol. The first-order valence-corrected chi connectivity index (χ1v) is 28.7. The van der Waals surface area contributed by atoms with E-state index in [1.807, 2.05) is 72.9 Å². The largest absolute Gasteiger partial charge is 0.462 e. The van der Waals surface area contributed by atoms with Gasteiger partial charge in [-0.15, -0.1) is 0 Å². The molecule has 6 heteroatoms. The smallest absolute Gasteiger partial charge is 0.306 e. The van der Waals surface area contributed by atoms with Crippen molar-refractivity contribution in [3.63, 3.8) is 0 Å². The van der Waals surface area contributed by atoms with Crippen LogP contribution >= 0.6 is 0 Å². The fourth-order valence-electron chi connectivity index (χ4n) is 7.21. The summed E-state index contributed by atoms with van der Waals surface area (Å²) in [6, 6.07) is 0. The molecule has 0 rings (SSSR count). The number of carbonyl (C=O) groups excluding carboxylic acids is 3. The van der Waals surface area contributed by atoms with Gasteiger partial charge in [-0.3, -0.25) is 14.4 Å². The van der Waals surface area contributed by atoms with Gasteiger partial charge < -0.3 is 14.2 Å². The van der Waals surface area contributed by atoms with Crippen LogP contribution in [0.1, 0.15) is 220 Å². The van der Waals surface area contributed by atoms with Gasteiger partial charge in [0.15, 0.2) is 6.10 Å². The van der Waals surface area contributed by atoms with Gasteiger partial charge >= 0.3 is 17.9 Å². The lowest BCUT2D eigenvalue weighted by Crippen LogP contribution is -2.30. The van der Waals surface area contributed by atoms with Crippen LogP contribution in [0.25, 0.3) is 0 Å². The molecule has 1 atom stereocenters. The van der Waals surface area contributed by atoms with E-state index in [0.717, 1.165) is 135 Å². The second-order valence-corrected chi connectivity index (χ2v) is 18.4. The average Bonchev–Trinajstić information content (AvgIpc) is 3.38. The van der Waals surface area contributed by atoms with Crippen LogP contribution in [0.15, 0.2) is 158 Å². The summed E-state index contributed by atoms with van der Waals surface area (Å²) in [5.74, 6) is -0.992. The van der Waals surface area contributed by atoms with E-state index in [0.29, 0.717) is 12.8 Å². The van der Waals surface area contributed by atoms with Gasteiger partial charge in [-0.2, -0.15) is 0 Å². The van der Waals surface area contributed by atoms with Gasteiger partial charge in [-0.1, -0.05) is 275 Å². The quantitative estimate of drug-likeness (QED) is 0.0262. The summed E-state index contributed by atoms with van der Waals surface area (Å²) in [5, 5.41) is 0. The Morgan fingerprint density at radius 1 is 0.278 bits per heavy atom. The van der Waals surface area contributed by atoms with E-state index in [2.05, 4.69) is 106 Å². The molecule has 0 amide bonds. The molecule has 0 aliphatic rings. The maximum Gasteiger partial charge on any atom is 0.306 e. The van der Waals surface area contributed by atoms with Crippen molar-refractivity contribution in [1.29, 1.82) is 0 Å². The highest BCUT2D eigenvalue weighted by Crippen LogP contribution is 2.13. The number of rotatable bonds is 49. The molecular weight excluding hydrogens is 889 g/mol. The third kappa shape index (κ3) is 56.0. The van der Waals surface area contributed by atoms with Gasteiger partial charge in [-0.05, 0) is 83.5 Å². The normalized spacial score (nSPS) is 13.3. The molecule has 0 aromatic heterocycles. The Morgan fingerprint density at radius 2 is 0.528 bits per heavy atom. The SMILES string of the molecule is CCC\C=C/C=C\C=C/C=C\C=C/CCCCCCCC(=O)OCC(COC(=O)CCCCCCC\C=C/C=C\C=C/CCCCCCC)OC(=O)CCCCCCC\C=C/C=C\C=C/C=C\C=C/CCC. The first-order valence-electron chi connectivity index (χ1n) is 28.7. The van der Waals surface area contributed by atoms with Crippen molar-refractivity contribution in [2.75, 3.05) is 13.2 Å². The highest BCUT2D eigenvalue weighted by atomic mass is 16.6. The third-order valence-electron chi connectivity index (χ3n) is 11.5. The zero-order valence-electron chi connectivity index (χ0n) is 45.9. The van der Waals surface area contributed by atoms with Gasteiger partial charge in [0, 0.05) is 19.3 Å². The highest BCUT2D eigenvalue weighted by molar-refractivity contribution is 5.71. The monoisotopic (exact) mass is 991 g/mol. The molecule has 0 fully saturated rings. The van der Waals surface area contributed by atoms with E-state index < -0.39 is 6.10 Å². The average molecular weight is 992 g/mol. The molecule has 0 radical (unpaired) electrons. The van der Waals surface area contributed by atoms with Crippen LogP contribution in [0.3, 0.4) is 0 Å². The van der Waals surface area contributed by atoms with Crippen molar-refractivity contribution in [3.05, 3.63) is 158 Å². The van der Waals surface area contributed by atoms with E-state index in [4.69, 9.17) is 14.2 Å². The molecule has 0 saturated heterocycles. The second-order valence-electron chi connectivity index (χ2n) is 18.4. The minimum absolute atomic E-state index is 0.116. The molecule has 402 valence electrons. The summed E-state index contributed by atoms with van der Waals surface area (Å²) in [7, 11) is 0. The molecule has 0 spiro atoms. The van der Waals surface area contributed by atoms with E-state index in [9.17, 15) is 14.4 Å². The summed E-state index contributed by atoms with van der Waals surface area (Å²) in [5.41, 5.74) is 0. The Labute approximate surface area is 441 Å². The Bertz CT molecular complexity index is 1660. The molecule has 0 aliphatic heterocycles. The summed E-state index contributed by atoms with van der Waals surface area (Å²) < 4.78 is 16.8. The van der Waals surface area contributed by atoms with Crippen LogP contribution in [-0.2, 0) is 28.6 Å². The van der Waals surface area contributed by atoms with Crippen LogP contribution in [-0.4, -0.2) is 37.2 Å². The fourth-order valence-corrected chi connectivity index (χ4v) is 7.21. The Morgan fingerprint density at radius 3 is 0.833 bits per heavy atom. The van der Waals surface area contributed by atoms with Crippen molar-refractivity contribution in [1.82, 2.24) is 0 Å². The van der Waals surface area contributed by atoms with Crippen LogP contribution in [0.2, 0.25) is 0 Å². The molecule has 0 N–H and O–H groups in total. The predicted octanol–water partition coefficient (Wildman–Crippen LogP) is 19.4. The van der Waals surface area contributed by atoms with Crippen molar-refractivity contribution >= 4 is 17.9 Å². The zero-order chi connectivity index (χ0) is 52.2. The zero-order valence-corrected chi connectivity index (χ0v) is 45.9. The number of esters is 3. The van der Waals surface area contributed by atoms with Crippen LogP contribution in [0.4, 0.5) is 0 Å². The van der Waals surface area contributed by atoms with Gasteiger partial charge in [0.05, 0.1) is 0 Å². The number of carbonyl (C=O) groups is 3. The molecule has 1 unspecified atom stereocenters. The number of hydrogen-bond donors (Lipinski definition) is 0. The summed E-state index contributed by atoms with van der Waals surface area (Å²) >= 11 is 0. The van der Waals surface area contributed by atoms with E-state index >= 15 is 0 Å². The topological polar surface area (TPSA) is 78.9 Å². The molecule has 0 heterocycles. The molecule has 0 aromatic rings. The fraction of sp³-hybridized carbons (Fsp3) is 0.561. The van der Waals surface area contributed by atoms with E-state index in [1.165, 1.54) is 44.9 Å². The van der Waals surface area contributed by atoms with Gasteiger partial charge in [0.1, 0.15) is 13.2 Å². The van der Waals surface area contributed by atoms with Gasteiger partial charge in [-0.25, -0.2) is 0 Å². The molecule has 0 aromatic carbocycles. The summed E-state index contributed by atoms with van der Waals surface area (Å²) in [4.78, 5) is 38.2. The Balaban J connectivity index is 4.59. The van der Waals surface area contributed by atoms with Crippen molar-refractivity contribution in [2.24, 2.45) is 0 Å². The number of hydrogen-bond acceptors (Lipinski definition) is 6. The molecule has 72 heavy (non-hydrogen) atoms. The minimum Gasteiger partial charge on any atom is -0.462 e. The molecule has 0 saturated carbocycles. The maximum atomic E-state index is 12.9. The summed E-state index contributed by atoms with van der Waals surface area (Å²) in [6.07, 6.45) is 84.9. The lowest BCUT2D eigenvalue weighted by atomic mass is 10.1. The first kappa shape index (κ1) is 67.0. The Kier molecular flexibility index (Phi) is 54.6. The van der Waals surface area contributed by atoms with Crippen molar-refractivity contribution in [2.45, 2.75) is 226 Å². The van der Waals surface area contributed by atoms with Crippen LogP contribution in [0, 0.1) is 0 Å². The van der Waals surface area contributed by atoms with Crippen molar-refractivity contribution < 1.29 is 28.6 Å². The van der Waals surface area contributed by atoms with E-state index in [-0.39, 0.29) is 37.5 Å². The lowest BCUT2D eigenvalue weighted by Gasteiger charge is -2.18. The van der Waals surface area contributed by atoms with Gasteiger partial charge in [0.2, 0.25) is 0 Å². The summed E-state index contributed by atoms with van der Waals surface area (Å²) in [6.45, 7) is 6.37. The molecule has 6 nitrogen and oxygen atoms in total. The Hall–Kier alpha value is -4.97. The van der Waals surface area contributed by atoms with E-state index in [1.54, 1.807) is 0 Å². The van der Waals surface area contributed by atoms with Gasteiger partial charge in [0.25, 0.3) is 0 Å². The number of allylic oxidation sites excluding steroid dienone is 26. The molecule has 0 aliphatic carbocycles. The number of unbranched alkanes of at least 4 members (excludes halogenated alkanes) is 22. The maximum absolute atomic E-state index is 12.9. The third-order valence-corrected chi connectivity index (χ3v) is 11.5. The minimum atomic E-state index is -0.821. The standard InChI is InChI=1S/C66H102O6/c1-4-7-10-13-16-19-22-25-28-31-34-37-40-43-46-49-52-55-58-64(67)70-61-63(72-66(69)60-57-54-51-48-45-42-39-36-33-30-27-24-21-18-15-12-9-6-3)62-71-65(68)59-56-53-50-47-44-41-38-35-32-29-26-23-20-17-14-11-8-5-2/h10,12-13,15-16,18-19,21-39,63H,4-9,11,14,17,20,40-62H2,1-3H3/b13-10-,15-12-,19-16-,21-18-,25-22-,26-23-,27-24-,31-28-,32-29-,33-30-,37-34-,38-35-,39-36-. The molecular formula is C66H102O6. The number of ether oxygens (including phenoxy) is 3. The van der Waals surface area contributed by atoms with Crippen LogP contribution < -0.4 is 0 Å². The van der Waals surface area contributed by atoms with Crippen LogP contribution in [0.5, 0.6) is 0 Å². The molecule has 0 bridgehead atoms. The highest BCUT2D eigenvalue weighted by Gasteiger charge is 2.19. The lowest BCUT2D eigenvalue weighted by molar-refractivity contribution is -0.167.